The van der Waals surface area contributed by atoms with Crippen molar-refractivity contribution in [2.75, 3.05) is 26.2 Å². The summed E-state index contributed by atoms with van der Waals surface area (Å²) in [7, 11) is 0. The maximum atomic E-state index is 11.8. The van der Waals surface area contributed by atoms with E-state index >= 15 is 0 Å². The lowest BCUT2D eigenvalue weighted by Gasteiger charge is -2.17. The molecule has 1 heterocycles. The van der Waals surface area contributed by atoms with E-state index in [4.69, 9.17) is 5.11 Å². The first-order valence-electron chi connectivity index (χ1n) is 6.54. The number of rotatable bonds is 6. The van der Waals surface area contributed by atoms with Gasteiger partial charge in [-0.15, -0.1) is 0 Å². The molecular formula is C12H21N3O4. The predicted octanol–water partition coefficient (Wildman–Crippen LogP) is 0.0188. The van der Waals surface area contributed by atoms with Crippen LogP contribution in [0.25, 0.3) is 0 Å². The Bertz CT molecular complexity index is 346. The van der Waals surface area contributed by atoms with E-state index in [1.807, 2.05) is 0 Å². The zero-order valence-electron chi connectivity index (χ0n) is 11.1. The number of urea groups is 1. The summed E-state index contributed by atoms with van der Waals surface area (Å²) in [6.45, 7) is 2.94. The molecule has 1 aliphatic heterocycles. The molecule has 1 saturated heterocycles. The summed E-state index contributed by atoms with van der Waals surface area (Å²) in [5.74, 6) is -1.06. The lowest BCUT2D eigenvalue weighted by Crippen LogP contribution is -2.44. The fraction of sp³-hybridized carbons (Fsp3) is 0.750. The molecule has 0 aliphatic carbocycles. The Hall–Kier alpha value is -1.79. The summed E-state index contributed by atoms with van der Waals surface area (Å²) in [5.41, 5.74) is 0. The molecule has 1 rings (SSSR count). The highest BCUT2D eigenvalue weighted by Crippen LogP contribution is 2.20. The topological polar surface area (TPSA) is 98.7 Å². The molecule has 7 heteroatoms. The maximum Gasteiger partial charge on any atom is 0.322 e. The SMILES string of the molecule is CCCC1CCN(C(=O)NCC(=O)NCC(=O)O)C1. The zero-order chi connectivity index (χ0) is 14.3. The van der Waals surface area contributed by atoms with E-state index in [2.05, 4.69) is 17.6 Å². The van der Waals surface area contributed by atoms with E-state index in [1.54, 1.807) is 4.90 Å². The van der Waals surface area contributed by atoms with Gasteiger partial charge in [-0.05, 0) is 18.8 Å². The summed E-state index contributed by atoms with van der Waals surface area (Å²) < 4.78 is 0. The van der Waals surface area contributed by atoms with Crippen molar-refractivity contribution in [3.63, 3.8) is 0 Å². The number of carbonyl (C=O) groups is 3. The van der Waals surface area contributed by atoms with Gasteiger partial charge in [0.15, 0.2) is 0 Å². The number of carbonyl (C=O) groups excluding carboxylic acids is 2. The summed E-state index contributed by atoms with van der Waals surface area (Å²) in [4.78, 5) is 34.9. The van der Waals surface area contributed by atoms with Gasteiger partial charge in [0.05, 0.1) is 6.54 Å². The van der Waals surface area contributed by atoms with Crippen LogP contribution >= 0.6 is 0 Å². The van der Waals surface area contributed by atoms with Crippen molar-refractivity contribution in [2.45, 2.75) is 26.2 Å². The second kappa shape index (κ2) is 7.60. The van der Waals surface area contributed by atoms with Gasteiger partial charge in [0.2, 0.25) is 5.91 Å². The average molecular weight is 271 g/mol. The molecule has 1 fully saturated rings. The molecular weight excluding hydrogens is 250 g/mol. The van der Waals surface area contributed by atoms with Gasteiger partial charge in [0.1, 0.15) is 6.54 Å². The van der Waals surface area contributed by atoms with E-state index in [9.17, 15) is 14.4 Å². The number of hydrogen-bond acceptors (Lipinski definition) is 3. The second-order valence-corrected chi connectivity index (χ2v) is 4.72. The summed E-state index contributed by atoms with van der Waals surface area (Å²) in [5, 5.41) is 13.1. The van der Waals surface area contributed by atoms with Crippen LogP contribution in [0.2, 0.25) is 0 Å². The molecule has 19 heavy (non-hydrogen) atoms. The van der Waals surface area contributed by atoms with Gasteiger partial charge < -0.3 is 20.6 Å². The normalized spacial score (nSPS) is 18.2. The van der Waals surface area contributed by atoms with E-state index < -0.39 is 18.4 Å². The quantitative estimate of drug-likeness (QED) is 0.634. The van der Waals surface area contributed by atoms with Crippen molar-refractivity contribution in [1.82, 2.24) is 15.5 Å². The first-order chi connectivity index (χ1) is 9.02. The highest BCUT2D eigenvalue weighted by Gasteiger charge is 2.25. The van der Waals surface area contributed by atoms with E-state index in [1.165, 1.54) is 0 Å². The van der Waals surface area contributed by atoms with Gasteiger partial charge in [-0.25, -0.2) is 4.79 Å². The summed E-state index contributed by atoms with van der Waals surface area (Å²) in [6.07, 6.45) is 3.23. The van der Waals surface area contributed by atoms with Crippen LogP contribution in [0.15, 0.2) is 0 Å². The van der Waals surface area contributed by atoms with Crippen LogP contribution in [0, 0.1) is 5.92 Å². The third kappa shape index (κ3) is 5.58. The molecule has 3 N–H and O–H groups in total. The zero-order valence-corrected chi connectivity index (χ0v) is 11.1. The minimum absolute atomic E-state index is 0.193. The van der Waals surface area contributed by atoms with Crippen LogP contribution in [0.5, 0.6) is 0 Å². The highest BCUT2D eigenvalue weighted by molar-refractivity contribution is 5.86. The third-order valence-electron chi connectivity index (χ3n) is 3.11. The van der Waals surface area contributed by atoms with Gasteiger partial charge in [-0.2, -0.15) is 0 Å². The number of aliphatic carboxylic acids is 1. The van der Waals surface area contributed by atoms with Gasteiger partial charge in [0, 0.05) is 13.1 Å². The number of carboxylic acid groups (broad SMARTS) is 1. The number of amides is 3. The minimum atomic E-state index is -1.11. The standard InChI is InChI=1S/C12H21N3O4/c1-2-3-9-4-5-15(8-9)12(19)14-6-10(16)13-7-11(17)18/h9H,2-8H2,1H3,(H,13,16)(H,14,19)(H,17,18). The Morgan fingerprint density at radius 1 is 1.26 bits per heavy atom. The summed E-state index contributed by atoms with van der Waals surface area (Å²) in [6, 6.07) is -0.260. The molecule has 0 aromatic carbocycles. The van der Waals surface area contributed by atoms with Crippen LogP contribution in [0.4, 0.5) is 4.79 Å². The van der Waals surface area contributed by atoms with Gasteiger partial charge in [-0.1, -0.05) is 13.3 Å². The van der Waals surface area contributed by atoms with Crippen LogP contribution in [0.1, 0.15) is 26.2 Å². The fourth-order valence-corrected chi connectivity index (χ4v) is 2.17. The lowest BCUT2D eigenvalue weighted by molar-refractivity contribution is -0.137. The molecule has 0 saturated carbocycles. The van der Waals surface area contributed by atoms with Crippen molar-refractivity contribution in [1.29, 1.82) is 0 Å². The summed E-state index contributed by atoms with van der Waals surface area (Å²) >= 11 is 0. The Morgan fingerprint density at radius 2 is 2.00 bits per heavy atom. The van der Waals surface area contributed by atoms with Gasteiger partial charge in [0.25, 0.3) is 0 Å². The number of carboxylic acids is 1. The molecule has 0 bridgehead atoms. The van der Waals surface area contributed by atoms with Crippen LogP contribution in [-0.2, 0) is 9.59 Å². The Morgan fingerprint density at radius 3 is 2.63 bits per heavy atom. The van der Waals surface area contributed by atoms with E-state index in [0.717, 1.165) is 25.8 Å². The molecule has 1 aliphatic rings. The molecule has 0 spiro atoms. The largest absolute Gasteiger partial charge is 0.480 e. The smallest absolute Gasteiger partial charge is 0.322 e. The van der Waals surface area contributed by atoms with Gasteiger partial charge in [-0.3, -0.25) is 9.59 Å². The molecule has 0 radical (unpaired) electrons. The van der Waals surface area contributed by atoms with Crippen molar-refractivity contribution in [2.24, 2.45) is 5.92 Å². The third-order valence-corrected chi connectivity index (χ3v) is 3.11. The molecule has 1 atom stereocenters. The predicted molar refractivity (Wildman–Crippen MR) is 68.6 cm³/mol. The van der Waals surface area contributed by atoms with Crippen molar-refractivity contribution < 1.29 is 19.5 Å². The van der Waals surface area contributed by atoms with Crippen molar-refractivity contribution in [3.05, 3.63) is 0 Å². The molecule has 3 amide bonds. The van der Waals surface area contributed by atoms with Crippen LogP contribution in [0.3, 0.4) is 0 Å². The first kappa shape index (κ1) is 15.3. The molecule has 108 valence electrons. The maximum absolute atomic E-state index is 11.8. The van der Waals surface area contributed by atoms with Crippen molar-refractivity contribution in [3.8, 4) is 0 Å². The minimum Gasteiger partial charge on any atom is -0.480 e. The second-order valence-electron chi connectivity index (χ2n) is 4.72. The number of nitrogens with one attached hydrogen (secondary N) is 2. The van der Waals surface area contributed by atoms with E-state index in [-0.39, 0.29) is 12.6 Å². The van der Waals surface area contributed by atoms with Crippen LogP contribution < -0.4 is 10.6 Å². The first-order valence-corrected chi connectivity index (χ1v) is 6.54. The number of nitrogens with zero attached hydrogens (tertiary/aromatic N) is 1. The fourth-order valence-electron chi connectivity index (χ4n) is 2.17. The molecule has 0 aromatic rings. The average Bonchev–Trinajstić information content (AvgIpc) is 2.82. The lowest BCUT2D eigenvalue weighted by atomic mass is 10.0. The van der Waals surface area contributed by atoms with E-state index in [0.29, 0.717) is 12.5 Å². The monoisotopic (exact) mass is 271 g/mol. The Kier molecular flexibility index (Phi) is 6.11. The Labute approximate surface area is 112 Å². The Balaban J connectivity index is 2.21. The van der Waals surface area contributed by atoms with Crippen molar-refractivity contribution >= 4 is 17.9 Å². The number of hydrogen-bond donors (Lipinski definition) is 3. The number of likely N-dealkylation sites (tertiary alicyclic amines) is 1. The molecule has 1 unspecified atom stereocenters. The molecule has 7 nitrogen and oxygen atoms in total. The highest BCUT2D eigenvalue weighted by atomic mass is 16.4. The molecule has 0 aromatic heterocycles. The van der Waals surface area contributed by atoms with Crippen LogP contribution in [-0.4, -0.2) is 54.1 Å². The van der Waals surface area contributed by atoms with Gasteiger partial charge >= 0.3 is 12.0 Å².